The van der Waals surface area contributed by atoms with Crippen molar-refractivity contribution in [3.05, 3.63) is 34.4 Å². The van der Waals surface area contributed by atoms with Crippen molar-refractivity contribution < 1.29 is 30.6 Å². The molecule has 0 unspecified atom stereocenters. The van der Waals surface area contributed by atoms with Crippen molar-refractivity contribution in [2.75, 3.05) is 0 Å². The highest BCUT2D eigenvalue weighted by molar-refractivity contribution is 7.88. The minimum atomic E-state index is -5.79. The summed E-state index contributed by atoms with van der Waals surface area (Å²) < 4.78 is 64.3. The number of halogens is 4. The van der Waals surface area contributed by atoms with Crippen molar-refractivity contribution in [2.45, 2.75) is 31.2 Å². The Hall–Kier alpha value is -1.54. The van der Waals surface area contributed by atoms with Gasteiger partial charge in [0.15, 0.2) is 11.5 Å². The van der Waals surface area contributed by atoms with E-state index in [4.69, 9.17) is 11.6 Å². The lowest BCUT2D eigenvalue weighted by atomic mass is 9.74. The minimum Gasteiger partial charge on any atom is -0.374 e. The summed E-state index contributed by atoms with van der Waals surface area (Å²) in [4.78, 5) is 12.1. The molecule has 0 amide bonds. The van der Waals surface area contributed by atoms with Crippen LogP contribution in [0.1, 0.15) is 30.4 Å². The monoisotopic (exact) mass is 392 g/mol. The molecule has 0 aromatic heterocycles. The Kier molecular flexibility index (Phi) is 3.38. The van der Waals surface area contributed by atoms with E-state index in [9.17, 15) is 26.4 Å². The number of ketones is 1. The molecular formula is C16H12ClF3O4S. The zero-order chi connectivity index (χ0) is 18.2. The maximum absolute atomic E-state index is 12.5. The SMILES string of the molecule is O=C1C=C2c3cc(Cl)c(OS(=O)(=O)C(F)(F)F)cc3C[C@]23CC[C@H]1C3. The first-order valence-corrected chi connectivity index (χ1v) is 9.41. The average Bonchev–Trinajstić information content (AvgIpc) is 2.99. The zero-order valence-corrected chi connectivity index (χ0v) is 14.3. The molecule has 0 N–H and O–H groups in total. The molecule has 1 saturated carbocycles. The van der Waals surface area contributed by atoms with Gasteiger partial charge in [0.2, 0.25) is 0 Å². The van der Waals surface area contributed by atoms with Gasteiger partial charge in [0.1, 0.15) is 0 Å². The van der Waals surface area contributed by atoms with Crippen LogP contribution in [0.4, 0.5) is 13.2 Å². The summed E-state index contributed by atoms with van der Waals surface area (Å²) in [5.74, 6) is -0.490. The van der Waals surface area contributed by atoms with E-state index in [1.54, 1.807) is 6.08 Å². The lowest BCUT2D eigenvalue weighted by molar-refractivity contribution is -0.118. The van der Waals surface area contributed by atoms with E-state index in [-0.39, 0.29) is 22.1 Å². The highest BCUT2D eigenvalue weighted by atomic mass is 35.5. The van der Waals surface area contributed by atoms with E-state index in [0.717, 1.165) is 18.4 Å². The smallest absolute Gasteiger partial charge is 0.374 e. The largest absolute Gasteiger partial charge is 0.534 e. The number of alkyl halides is 3. The Bertz CT molecular complexity index is 935. The first-order valence-electron chi connectivity index (χ1n) is 7.62. The third-order valence-corrected chi connectivity index (χ3v) is 6.59. The zero-order valence-electron chi connectivity index (χ0n) is 12.7. The first-order chi connectivity index (χ1) is 11.5. The number of rotatable bonds is 2. The molecule has 1 aromatic rings. The summed E-state index contributed by atoms with van der Waals surface area (Å²) in [5, 5.41) is -0.239. The number of hydrogen-bond donors (Lipinski definition) is 0. The average molecular weight is 393 g/mol. The van der Waals surface area contributed by atoms with Gasteiger partial charge in [-0.05, 0) is 60.6 Å². The quantitative estimate of drug-likeness (QED) is 0.566. The maximum Gasteiger partial charge on any atom is 0.534 e. The Morgan fingerprint density at radius 2 is 2.00 bits per heavy atom. The Morgan fingerprint density at radius 1 is 1.28 bits per heavy atom. The third-order valence-electron chi connectivity index (χ3n) is 5.33. The van der Waals surface area contributed by atoms with Gasteiger partial charge in [-0.1, -0.05) is 11.6 Å². The second-order valence-electron chi connectivity index (χ2n) is 6.78. The van der Waals surface area contributed by atoms with Crippen molar-refractivity contribution >= 4 is 33.1 Å². The van der Waals surface area contributed by atoms with Crippen molar-refractivity contribution in [3.63, 3.8) is 0 Å². The molecule has 4 nitrogen and oxygen atoms in total. The summed E-state index contributed by atoms with van der Waals surface area (Å²) in [6.45, 7) is 0. The number of hydrogen-bond acceptors (Lipinski definition) is 4. The van der Waals surface area contributed by atoms with Crippen LogP contribution in [-0.4, -0.2) is 19.7 Å². The van der Waals surface area contributed by atoms with E-state index in [1.165, 1.54) is 12.1 Å². The summed E-state index contributed by atoms with van der Waals surface area (Å²) in [5.41, 5.74) is -3.54. The number of fused-ring (bicyclic) bond motifs is 3. The van der Waals surface area contributed by atoms with Gasteiger partial charge >= 0.3 is 15.6 Å². The fraction of sp³-hybridized carbons (Fsp3) is 0.438. The molecule has 25 heavy (non-hydrogen) atoms. The summed E-state index contributed by atoms with van der Waals surface area (Å²) in [7, 11) is -5.79. The van der Waals surface area contributed by atoms with E-state index in [2.05, 4.69) is 4.18 Å². The molecule has 3 aliphatic carbocycles. The van der Waals surface area contributed by atoms with E-state index in [0.29, 0.717) is 24.0 Å². The molecule has 3 aliphatic rings. The highest BCUT2D eigenvalue weighted by Gasteiger charge is 2.52. The molecule has 0 aliphatic heterocycles. The van der Waals surface area contributed by atoms with Crippen LogP contribution in [-0.2, 0) is 21.3 Å². The number of carbonyl (C=O) groups is 1. The van der Waals surface area contributed by atoms with Crippen molar-refractivity contribution in [1.29, 1.82) is 0 Å². The Balaban J connectivity index is 1.77. The van der Waals surface area contributed by atoms with Crippen molar-refractivity contribution in [2.24, 2.45) is 11.3 Å². The Labute approximate surface area is 146 Å². The fourth-order valence-corrected chi connectivity index (χ4v) is 4.95. The van der Waals surface area contributed by atoms with Crippen LogP contribution < -0.4 is 4.18 Å². The van der Waals surface area contributed by atoms with Crippen LogP contribution in [0.3, 0.4) is 0 Å². The summed E-state index contributed by atoms with van der Waals surface area (Å²) in [6, 6.07) is 2.64. The van der Waals surface area contributed by atoms with Crippen LogP contribution in [0.15, 0.2) is 18.2 Å². The standard InChI is InChI=1S/C16H12ClF3O4S/c17-12-4-10-9(3-14(12)24-25(22,23)16(18,19)20)7-15-2-1-8(6-15)13(21)5-11(10)15/h3-5,8H,1-2,6-7H2/t8-,15+/m0/s1. The van der Waals surface area contributed by atoms with E-state index < -0.39 is 21.4 Å². The van der Waals surface area contributed by atoms with E-state index in [1.807, 2.05) is 0 Å². The van der Waals surface area contributed by atoms with Crippen molar-refractivity contribution in [3.8, 4) is 5.75 Å². The Morgan fingerprint density at radius 3 is 2.68 bits per heavy atom. The number of carbonyl (C=O) groups excluding carboxylic acids is 1. The molecular weight excluding hydrogens is 381 g/mol. The van der Waals surface area contributed by atoms with E-state index >= 15 is 0 Å². The molecule has 1 spiro atoms. The van der Waals surface area contributed by atoms with Crippen LogP contribution >= 0.6 is 11.6 Å². The molecule has 2 atom stereocenters. The molecule has 2 bridgehead atoms. The molecule has 0 heterocycles. The van der Waals surface area contributed by atoms with Gasteiger partial charge in [0, 0.05) is 11.3 Å². The highest BCUT2D eigenvalue weighted by Crippen LogP contribution is 2.61. The topological polar surface area (TPSA) is 60.4 Å². The molecule has 4 rings (SSSR count). The summed E-state index contributed by atoms with van der Waals surface area (Å²) in [6.07, 6.45) is 4.46. The van der Waals surface area contributed by atoms with Crippen molar-refractivity contribution in [1.82, 2.24) is 0 Å². The molecule has 9 heteroatoms. The fourth-order valence-electron chi connectivity index (χ4n) is 4.23. The second kappa shape index (κ2) is 5.01. The molecule has 0 saturated heterocycles. The number of allylic oxidation sites excluding steroid dienone is 2. The molecule has 1 fully saturated rings. The van der Waals surface area contributed by atoms with Gasteiger partial charge in [-0.2, -0.15) is 21.6 Å². The third kappa shape index (κ3) is 2.41. The van der Waals surface area contributed by atoms with Gasteiger partial charge in [-0.15, -0.1) is 0 Å². The van der Waals surface area contributed by atoms with Crippen LogP contribution in [0.25, 0.3) is 5.57 Å². The van der Waals surface area contributed by atoms with Crippen LogP contribution in [0.5, 0.6) is 5.75 Å². The van der Waals surface area contributed by atoms with Crippen LogP contribution in [0.2, 0.25) is 5.02 Å². The summed E-state index contributed by atoms with van der Waals surface area (Å²) >= 11 is 5.96. The van der Waals surface area contributed by atoms with Gasteiger partial charge in [-0.25, -0.2) is 0 Å². The maximum atomic E-state index is 12.5. The van der Waals surface area contributed by atoms with Gasteiger partial charge in [0.25, 0.3) is 0 Å². The van der Waals surface area contributed by atoms with Crippen LogP contribution in [0, 0.1) is 11.3 Å². The lowest BCUT2D eigenvalue weighted by Gasteiger charge is -2.28. The predicted octanol–water partition coefficient (Wildman–Crippen LogP) is 3.88. The number of benzene rings is 1. The lowest BCUT2D eigenvalue weighted by Crippen LogP contribution is -2.28. The van der Waals surface area contributed by atoms with Gasteiger partial charge < -0.3 is 4.18 Å². The molecule has 0 radical (unpaired) electrons. The first kappa shape index (κ1) is 16.9. The molecule has 1 aromatic carbocycles. The van der Waals surface area contributed by atoms with Gasteiger partial charge in [-0.3, -0.25) is 4.79 Å². The van der Waals surface area contributed by atoms with Gasteiger partial charge in [0.05, 0.1) is 5.02 Å². The predicted molar refractivity (Wildman–Crippen MR) is 83.5 cm³/mol. The normalized spacial score (nSPS) is 27.8. The second-order valence-corrected chi connectivity index (χ2v) is 8.73. The molecule has 134 valence electrons. The minimum absolute atomic E-state index is 0.00476.